The molecule has 1 heterocycles. The zero-order chi connectivity index (χ0) is 11.7. The van der Waals surface area contributed by atoms with Gasteiger partial charge in [0.2, 0.25) is 0 Å². The topological polar surface area (TPSA) is 37.3 Å². The molecule has 2 rings (SSSR count). The number of carbonyl (C=O) groups is 1. The number of carboxylic acid groups (broad SMARTS) is 1. The Balaban J connectivity index is 2.47. The normalized spacial score (nSPS) is 10.4. The number of carboxylic acids is 1. The third-order valence-corrected chi connectivity index (χ3v) is 3.57. The van der Waals surface area contributed by atoms with Crippen molar-refractivity contribution in [1.82, 2.24) is 0 Å². The van der Waals surface area contributed by atoms with Crippen LogP contribution in [0.25, 0.3) is 10.4 Å². The highest BCUT2D eigenvalue weighted by Crippen LogP contribution is 2.33. The van der Waals surface area contributed by atoms with Crippen molar-refractivity contribution in [3.8, 4) is 10.4 Å². The van der Waals surface area contributed by atoms with Crippen molar-refractivity contribution in [1.29, 1.82) is 0 Å². The van der Waals surface area contributed by atoms with Crippen LogP contribution in [0, 0.1) is 6.92 Å². The standard InChI is InChI=1S/C12H9ClO2S/c1-7-2-5-11(16-7)9-4-3-8(12(14)15)6-10(9)13/h2-6H,1H3,(H,14,15). The maximum atomic E-state index is 10.7. The average molecular weight is 253 g/mol. The van der Waals surface area contributed by atoms with E-state index in [1.165, 1.54) is 10.9 Å². The monoisotopic (exact) mass is 252 g/mol. The smallest absolute Gasteiger partial charge is 0.335 e. The van der Waals surface area contributed by atoms with Crippen molar-refractivity contribution >= 4 is 28.9 Å². The van der Waals surface area contributed by atoms with Crippen molar-refractivity contribution in [2.24, 2.45) is 0 Å². The quantitative estimate of drug-likeness (QED) is 0.875. The van der Waals surface area contributed by atoms with Gasteiger partial charge in [-0.1, -0.05) is 17.7 Å². The predicted molar refractivity (Wildman–Crippen MR) is 66.5 cm³/mol. The van der Waals surface area contributed by atoms with E-state index in [0.717, 1.165) is 10.4 Å². The maximum absolute atomic E-state index is 10.7. The summed E-state index contributed by atoms with van der Waals surface area (Å²) < 4.78 is 0. The number of benzene rings is 1. The molecule has 0 amide bonds. The van der Waals surface area contributed by atoms with E-state index in [1.54, 1.807) is 23.5 Å². The molecule has 0 aliphatic heterocycles. The van der Waals surface area contributed by atoms with Crippen LogP contribution in [-0.4, -0.2) is 11.1 Å². The van der Waals surface area contributed by atoms with Crippen LogP contribution in [0.3, 0.4) is 0 Å². The lowest BCUT2D eigenvalue weighted by atomic mass is 10.1. The van der Waals surface area contributed by atoms with Crippen molar-refractivity contribution in [2.75, 3.05) is 0 Å². The maximum Gasteiger partial charge on any atom is 0.335 e. The van der Waals surface area contributed by atoms with E-state index in [-0.39, 0.29) is 5.56 Å². The van der Waals surface area contributed by atoms with Crippen molar-refractivity contribution in [2.45, 2.75) is 6.92 Å². The molecule has 0 bridgehead atoms. The summed E-state index contributed by atoms with van der Waals surface area (Å²) in [5.41, 5.74) is 1.09. The molecule has 0 saturated carbocycles. The highest BCUT2D eigenvalue weighted by Gasteiger charge is 2.09. The van der Waals surface area contributed by atoms with Gasteiger partial charge in [-0.2, -0.15) is 0 Å². The molecule has 0 aliphatic rings. The minimum Gasteiger partial charge on any atom is -0.478 e. The Labute approximate surface area is 102 Å². The molecule has 0 saturated heterocycles. The Hall–Kier alpha value is -1.32. The first-order chi connectivity index (χ1) is 7.58. The molecular weight excluding hydrogens is 244 g/mol. The van der Waals surface area contributed by atoms with E-state index in [2.05, 4.69) is 0 Å². The van der Waals surface area contributed by atoms with Crippen LogP contribution in [0.2, 0.25) is 5.02 Å². The third kappa shape index (κ3) is 2.10. The SMILES string of the molecule is Cc1ccc(-c2ccc(C(=O)O)cc2Cl)s1. The highest BCUT2D eigenvalue weighted by molar-refractivity contribution is 7.15. The Kier molecular flexibility index (Phi) is 2.99. The summed E-state index contributed by atoms with van der Waals surface area (Å²) in [4.78, 5) is 13.0. The summed E-state index contributed by atoms with van der Waals surface area (Å²) in [7, 11) is 0. The fourth-order valence-electron chi connectivity index (χ4n) is 1.43. The van der Waals surface area contributed by atoms with Gasteiger partial charge in [-0.05, 0) is 31.2 Å². The van der Waals surface area contributed by atoms with Crippen LogP contribution in [0.1, 0.15) is 15.2 Å². The van der Waals surface area contributed by atoms with Gasteiger partial charge < -0.3 is 5.11 Å². The van der Waals surface area contributed by atoms with Gasteiger partial charge in [0.15, 0.2) is 0 Å². The summed E-state index contributed by atoms with van der Waals surface area (Å²) in [5.74, 6) is -0.962. The fourth-order valence-corrected chi connectivity index (χ4v) is 2.67. The van der Waals surface area contributed by atoms with E-state index in [0.29, 0.717) is 5.02 Å². The first kappa shape index (κ1) is 11.2. The van der Waals surface area contributed by atoms with Gasteiger partial charge in [-0.15, -0.1) is 11.3 Å². The lowest BCUT2D eigenvalue weighted by Gasteiger charge is -2.02. The Morgan fingerprint density at radius 1 is 1.31 bits per heavy atom. The van der Waals surface area contributed by atoms with Crippen LogP contribution in [0.5, 0.6) is 0 Å². The molecule has 0 radical (unpaired) electrons. The Bertz CT molecular complexity index is 546. The molecule has 4 heteroatoms. The summed E-state index contributed by atoms with van der Waals surface area (Å²) >= 11 is 7.70. The van der Waals surface area contributed by atoms with E-state index < -0.39 is 5.97 Å². The largest absolute Gasteiger partial charge is 0.478 e. The molecule has 0 spiro atoms. The number of aryl methyl sites for hydroxylation is 1. The number of hydrogen-bond acceptors (Lipinski definition) is 2. The van der Waals surface area contributed by atoms with Crippen LogP contribution in [0.15, 0.2) is 30.3 Å². The van der Waals surface area contributed by atoms with E-state index in [4.69, 9.17) is 16.7 Å². The molecule has 1 aromatic carbocycles. The number of aromatic carboxylic acids is 1. The van der Waals surface area contributed by atoms with Crippen molar-refractivity contribution in [3.63, 3.8) is 0 Å². The molecule has 16 heavy (non-hydrogen) atoms. The molecule has 2 nitrogen and oxygen atoms in total. The second-order valence-electron chi connectivity index (χ2n) is 3.41. The van der Waals surface area contributed by atoms with Gasteiger partial charge in [-0.25, -0.2) is 4.79 Å². The summed E-state index contributed by atoms with van der Waals surface area (Å²) in [6.07, 6.45) is 0. The van der Waals surface area contributed by atoms with Gasteiger partial charge in [0.25, 0.3) is 0 Å². The summed E-state index contributed by atoms with van der Waals surface area (Å²) in [5, 5.41) is 9.29. The van der Waals surface area contributed by atoms with E-state index >= 15 is 0 Å². The lowest BCUT2D eigenvalue weighted by Crippen LogP contribution is -1.95. The third-order valence-electron chi connectivity index (χ3n) is 2.22. The summed E-state index contributed by atoms with van der Waals surface area (Å²) in [6, 6.07) is 8.80. The van der Waals surface area contributed by atoms with Gasteiger partial charge in [0, 0.05) is 15.3 Å². The predicted octanol–water partition coefficient (Wildman–Crippen LogP) is 4.08. The average Bonchev–Trinajstić information content (AvgIpc) is 2.64. The lowest BCUT2D eigenvalue weighted by molar-refractivity contribution is 0.0697. The molecule has 0 fully saturated rings. The van der Waals surface area contributed by atoms with Crippen LogP contribution in [-0.2, 0) is 0 Å². The molecule has 1 N–H and O–H groups in total. The first-order valence-electron chi connectivity index (χ1n) is 4.67. The van der Waals surface area contributed by atoms with Crippen LogP contribution >= 0.6 is 22.9 Å². The molecule has 0 aliphatic carbocycles. The summed E-state index contributed by atoms with van der Waals surface area (Å²) in [6.45, 7) is 2.02. The molecule has 0 unspecified atom stereocenters. The second-order valence-corrected chi connectivity index (χ2v) is 5.11. The van der Waals surface area contributed by atoms with Crippen LogP contribution in [0.4, 0.5) is 0 Å². The van der Waals surface area contributed by atoms with Crippen molar-refractivity contribution in [3.05, 3.63) is 45.8 Å². The molecule has 0 atom stereocenters. The molecule has 82 valence electrons. The van der Waals surface area contributed by atoms with Gasteiger partial charge in [0.05, 0.1) is 10.6 Å². The van der Waals surface area contributed by atoms with Gasteiger partial charge in [0.1, 0.15) is 0 Å². The van der Waals surface area contributed by atoms with Gasteiger partial charge >= 0.3 is 5.97 Å². The fraction of sp³-hybridized carbons (Fsp3) is 0.0833. The minimum atomic E-state index is -0.962. The molecule has 2 aromatic rings. The van der Waals surface area contributed by atoms with Crippen molar-refractivity contribution < 1.29 is 9.90 Å². The number of rotatable bonds is 2. The number of halogens is 1. The van der Waals surface area contributed by atoms with Crippen LogP contribution < -0.4 is 0 Å². The minimum absolute atomic E-state index is 0.210. The Morgan fingerprint density at radius 2 is 2.06 bits per heavy atom. The van der Waals surface area contributed by atoms with E-state index in [1.807, 2.05) is 19.1 Å². The first-order valence-corrected chi connectivity index (χ1v) is 5.87. The Morgan fingerprint density at radius 3 is 2.56 bits per heavy atom. The second kappa shape index (κ2) is 4.28. The number of thiophene rings is 1. The van der Waals surface area contributed by atoms with E-state index in [9.17, 15) is 4.79 Å². The molecular formula is C12H9ClO2S. The zero-order valence-corrected chi connectivity index (χ0v) is 10.1. The zero-order valence-electron chi connectivity index (χ0n) is 8.53. The van der Waals surface area contributed by atoms with Gasteiger partial charge in [-0.3, -0.25) is 0 Å². The number of hydrogen-bond donors (Lipinski definition) is 1. The molecule has 1 aromatic heterocycles. The highest BCUT2D eigenvalue weighted by atomic mass is 35.5.